The van der Waals surface area contributed by atoms with E-state index in [4.69, 9.17) is 0 Å². The third-order valence-corrected chi connectivity index (χ3v) is 9.60. The van der Waals surface area contributed by atoms with Crippen LogP contribution in [-0.4, -0.2) is 29.3 Å². The highest BCUT2D eigenvalue weighted by Gasteiger charge is 2.80. The minimum Gasteiger partial charge on any atom is -0.289 e. The van der Waals surface area contributed by atoms with E-state index in [1.54, 1.807) is 25.1 Å². The Labute approximate surface area is 232 Å². The molecule has 40 heavy (non-hydrogen) atoms. The standard InChI is InChI=1S/C30H18F6O2S2/c1-13-10-14(2)39-27(13)24-23(28(31,32)30(35,36)29(24,33)34)20-12-22(40-15(20)3)16-8-9-19-21(11-16)26(38)18-7-5-4-6-17(18)25(19)37/h4-12H,1-3H3. The Balaban J connectivity index is 1.54. The summed E-state index contributed by atoms with van der Waals surface area (Å²) in [6.07, 6.45) is 0. The first-order chi connectivity index (χ1) is 18.7. The van der Waals surface area contributed by atoms with Crippen molar-refractivity contribution in [3.05, 3.63) is 103 Å². The second kappa shape index (κ2) is 8.50. The van der Waals surface area contributed by atoms with E-state index in [1.165, 1.54) is 50.2 Å². The van der Waals surface area contributed by atoms with Crippen molar-refractivity contribution in [2.45, 2.75) is 38.5 Å². The van der Waals surface area contributed by atoms with Crippen LogP contribution in [0.4, 0.5) is 26.3 Å². The number of ketones is 2. The fourth-order valence-corrected chi connectivity index (χ4v) is 7.53. The number of aryl methyl sites for hydroxylation is 3. The molecule has 0 radical (unpaired) electrons. The number of fused-ring (bicyclic) bond motifs is 2. The zero-order valence-corrected chi connectivity index (χ0v) is 22.7. The minimum atomic E-state index is -5.64. The molecule has 204 valence electrons. The SMILES string of the molecule is Cc1cc(C)c(C2=C(c3cc(-c4ccc5c(c4)C(=O)c4ccccc4C5=O)sc3C)C(F)(F)C(F)(F)C2(F)F)s1. The summed E-state index contributed by atoms with van der Waals surface area (Å²) >= 11 is 1.71. The van der Waals surface area contributed by atoms with Crippen LogP contribution in [0.3, 0.4) is 0 Å². The lowest BCUT2D eigenvalue weighted by atomic mass is 9.83. The van der Waals surface area contributed by atoms with Gasteiger partial charge in [0.15, 0.2) is 11.6 Å². The Hall–Kier alpha value is -3.50. The number of rotatable bonds is 3. The van der Waals surface area contributed by atoms with Crippen molar-refractivity contribution in [3.63, 3.8) is 0 Å². The summed E-state index contributed by atoms with van der Waals surface area (Å²) in [6.45, 7) is 4.40. The predicted molar refractivity (Wildman–Crippen MR) is 143 cm³/mol. The smallest absolute Gasteiger partial charge is 0.289 e. The number of allylic oxidation sites excluding steroid dienone is 2. The first-order valence-electron chi connectivity index (χ1n) is 12.1. The number of carbonyl (C=O) groups excluding carboxylic acids is 2. The lowest BCUT2D eigenvalue weighted by Gasteiger charge is -2.25. The van der Waals surface area contributed by atoms with E-state index in [1.807, 2.05) is 0 Å². The van der Waals surface area contributed by atoms with Gasteiger partial charge in [0.2, 0.25) is 0 Å². The molecule has 0 unspecified atom stereocenters. The third-order valence-electron chi connectivity index (χ3n) is 7.33. The zero-order valence-electron chi connectivity index (χ0n) is 21.1. The zero-order chi connectivity index (χ0) is 28.9. The Morgan fingerprint density at radius 2 is 1.20 bits per heavy atom. The van der Waals surface area contributed by atoms with Gasteiger partial charge in [-0.2, -0.15) is 26.3 Å². The van der Waals surface area contributed by atoms with Crippen LogP contribution >= 0.6 is 22.7 Å². The van der Waals surface area contributed by atoms with E-state index >= 15 is 17.6 Å². The second-order valence-corrected chi connectivity index (χ2v) is 12.4. The van der Waals surface area contributed by atoms with Crippen LogP contribution in [0.25, 0.3) is 21.6 Å². The number of halogens is 6. The maximum absolute atomic E-state index is 15.3. The molecular formula is C30H18F6O2S2. The number of thiophene rings is 2. The summed E-state index contributed by atoms with van der Waals surface area (Å²) in [5.41, 5.74) is -1.82. The van der Waals surface area contributed by atoms with Crippen molar-refractivity contribution in [1.29, 1.82) is 0 Å². The van der Waals surface area contributed by atoms with Gasteiger partial charge in [0.05, 0.1) is 5.57 Å². The van der Waals surface area contributed by atoms with Crippen molar-refractivity contribution in [2.75, 3.05) is 0 Å². The lowest BCUT2D eigenvalue weighted by Crippen LogP contribution is -2.48. The molecule has 0 bridgehead atoms. The summed E-state index contributed by atoms with van der Waals surface area (Å²) < 4.78 is 90.6. The third kappa shape index (κ3) is 3.41. The van der Waals surface area contributed by atoms with Gasteiger partial charge in [-0.15, -0.1) is 22.7 Å². The van der Waals surface area contributed by atoms with Crippen LogP contribution in [0.1, 0.15) is 57.6 Å². The van der Waals surface area contributed by atoms with Crippen LogP contribution in [0.15, 0.2) is 54.6 Å². The Bertz CT molecular complexity index is 1810. The van der Waals surface area contributed by atoms with Gasteiger partial charge < -0.3 is 0 Å². The van der Waals surface area contributed by atoms with Crippen LogP contribution < -0.4 is 0 Å². The van der Waals surface area contributed by atoms with Crippen molar-refractivity contribution in [3.8, 4) is 10.4 Å². The molecule has 0 N–H and O–H groups in total. The van der Waals surface area contributed by atoms with Crippen molar-refractivity contribution < 1.29 is 35.9 Å². The second-order valence-electron chi connectivity index (χ2n) is 9.89. The normalized spacial score (nSPS) is 18.7. The van der Waals surface area contributed by atoms with E-state index in [0.29, 0.717) is 15.3 Å². The summed E-state index contributed by atoms with van der Waals surface area (Å²) in [7, 11) is 0. The molecular weight excluding hydrogens is 570 g/mol. The molecule has 2 aliphatic rings. The van der Waals surface area contributed by atoms with Crippen molar-refractivity contribution >= 4 is 45.4 Å². The Kier molecular flexibility index (Phi) is 5.68. The molecule has 0 atom stereocenters. The van der Waals surface area contributed by atoms with Gasteiger partial charge in [0.25, 0.3) is 0 Å². The van der Waals surface area contributed by atoms with Gasteiger partial charge in [0.1, 0.15) is 0 Å². The van der Waals surface area contributed by atoms with Crippen molar-refractivity contribution in [2.24, 2.45) is 0 Å². The van der Waals surface area contributed by atoms with Gasteiger partial charge in [-0.05, 0) is 61.7 Å². The molecule has 0 fully saturated rings. The van der Waals surface area contributed by atoms with Crippen molar-refractivity contribution in [1.82, 2.24) is 0 Å². The van der Waals surface area contributed by atoms with Gasteiger partial charge in [-0.3, -0.25) is 9.59 Å². The summed E-state index contributed by atoms with van der Waals surface area (Å²) in [5.74, 6) is -16.6. The fraction of sp³-hybridized carbons (Fsp3) is 0.200. The maximum Gasteiger partial charge on any atom is 0.380 e. The monoisotopic (exact) mass is 588 g/mol. The number of benzene rings is 2. The lowest BCUT2D eigenvalue weighted by molar-refractivity contribution is -0.254. The van der Waals surface area contributed by atoms with Crippen LogP contribution in [0.5, 0.6) is 0 Å². The molecule has 0 spiro atoms. The first kappa shape index (κ1) is 26.7. The Morgan fingerprint density at radius 3 is 1.80 bits per heavy atom. The number of hydrogen-bond donors (Lipinski definition) is 0. The highest BCUT2D eigenvalue weighted by Crippen LogP contribution is 2.66. The van der Waals surface area contributed by atoms with Crippen LogP contribution in [0.2, 0.25) is 0 Å². The maximum atomic E-state index is 15.3. The van der Waals surface area contributed by atoms with Gasteiger partial charge in [-0.1, -0.05) is 30.3 Å². The van der Waals surface area contributed by atoms with E-state index < -0.39 is 40.3 Å². The predicted octanol–water partition coefficient (Wildman–Crippen LogP) is 9.01. The average molecular weight is 589 g/mol. The highest BCUT2D eigenvalue weighted by molar-refractivity contribution is 7.15. The molecule has 2 aromatic heterocycles. The molecule has 10 heteroatoms. The number of hydrogen-bond acceptors (Lipinski definition) is 4. The largest absolute Gasteiger partial charge is 0.380 e. The summed E-state index contributed by atoms with van der Waals surface area (Å²) in [6, 6.07) is 13.4. The highest BCUT2D eigenvalue weighted by atomic mass is 32.1. The molecule has 2 aromatic carbocycles. The quantitative estimate of drug-likeness (QED) is 0.197. The molecule has 6 rings (SSSR count). The molecule has 2 nitrogen and oxygen atoms in total. The molecule has 0 saturated heterocycles. The summed E-state index contributed by atoms with van der Waals surface area (Å²) in [4.78, 5) is 26.8. The molecule has 2 aliphatic carbocycles. The van der Waals surface area contributed by atoms with Crippen LogP contribution in [-0.2, 0) is 0 Å². The number of carbonyl (C=O) groups is 2. The van der Waals surface area contributed by atoms with Gasteiger partial charge in [0, 0.05) is 47.3 Å². The van der Waals surface area contributed by atoms with E-state index in [-0.39, 0.29) is 43.4 Å². The minimum absolute atomic E-state index is 0.114. The molecule has 2 heterocycles. The average Bonchev–Trinajstić information content (AvgIpc) is 3.47. The van der Waals surface area contributed by atoms with E-state index in [2.05, 4.69) is 0 Å². The van der Waals surface area contributed by atoms with Crippen LogP contribution in [0, 0.1) is 20.8 Å². The number of alkyl halides is 6. The van der Waals surface area contributed by atoms with Gasteiger partial charge in [-0.25, -0.2) is 0 Å². The van der Waals surface area contributed by atoms with E-state index in [0.717, 1.165) is 22.7 Å². The fourth-order valence-electron chi connectivity index (χ4n) is 5.40. The first-order valence-corrected chi connectivity index (χ1v) is 13.7. The molecule has 0 saturated carbocycles. The topological polar surface area (TPSA) is 34.1 Å². The molecule has 4 aromatic rings. The summed E-state index contributed by atoms with van der Waals surface area (Å²) in [5, 5.41) is 0. The van der Waals surface area contributed by atoms with E-state index in [9.17, 15) is 18.4 Å². The Morgan fingerprint density at radius 1 is 0.625 bits per heavy atom. The van der Waals surface area contributed by atoms with Gasteiger partial charge >= 0.3 is 17.8 Å². The molecule has 0 amide bonds. The molecule has 0 aliphatic heterocycles.